The van der Waals surface area contributed by atoms with Gasteiger partial charge in [-0.25, -0.2) is 0 Å². The topological polar surface area (TPSA) is 75.7 Å². The van der Waals surface area contributed by atoms with E-state index in [0.29, 0.717) is 16.8 Å². The molecule has 1 atom stereocenters. The number of rotatable bonds is 5. The summed E-state index contributed by atoms with van der Waals surface area (Å²) in [6, 6.07) is 9.38. The maximum absolute atomic E-state index is 12.9. The third-order valence-electron chi connectivity index (χ3n) is 4.50. The van der Waals surface area contributed by atoms with E-state index < -0.39 is 41.2 Å². The lowest BCUT2D eigenvalue weighted by Gasteiger charge is -2.16. The first-order valence-electron chi connectivity index (χ1n) is 8.94. The summed E-state index contributed by atoms with van der Waals surface area (Å²) in [4.78, 5) is 37.8. The summed E-state index contributed by atoms with van der Waals surface area (Å²) in [5.41, 5.74) is -0.677. The van der Waals surface area contributed by atoms with Crippen LogP contribution in [0.1, 0.15) is 12.0 Å². The zero-order valence-corrected chi connectivity index (χ0v) is 17.2. The number of amides is 2. The minimum absolute atomic E-state index is 0.0764. The van der Waals surface area contributed by atoms with Crippen molar-refractivity contribution in [3.05, 3.63) is 58.1 Å². The molecule has 11 heteroatoms. The van der Waals surface area contributed by atoms with Gasteiger partial charge in [0.2, 0.25) is 5.91 Å². The quantitative estimate of drug-likeness (QED) is 0.645. The molecule has 0 aliphatic carbocycles. The number of esters is 1. The normalized spacial score (nSPS) is 16.4. The minimum Gasteiger partial charge on any atom is -0.455 e. The SMILES string of the molecule is O=C(COC(=O)[C@H]1CC(=O)N(c2ccc(Cl)cc2)C1)Nc1ccc(Cl)c(C(F)(F)F)c1. The predicted molar refractivity (Wildman–Crippen MR) is 108 cm³/mol. The Morgan fingerprint density at radius 2 is 1.81 bits per heavy atom. The Morgan fingerprint density at radius 3 is 2.45 bits per heavy atom. The molecule has 1 N–H and O–H groups in total. The highest BCUT2D eigenvalue weighted by Crippen LogP contribution is 2.36. The number of halogens is 5. The Bertz CT molecular complexity index is 1010. The summed E-state index contributed by atoms with van der Waals surface area (Å²) >= 11 is 11.4. The van der Waals surface area contributed by atoms with Crippen molar-refractivity contribution in [3.63, 3.8) is 0 Å². The van der Waals surface area contributed by atoms with E-state index in [2.05, 4.69) is 5.32 Å². The van der Waals surface area contributed by atoms with E-state index in [-0.39, 0.29) is 24.6 Å². The number of anilines is 2. The van der Waals surface area contributed by atoms with Crippen LogP contribution in [0.4, 0.5) is 24.5 Å². The third kappa shape index (κ3) is 5.68. The molecule has 0 bridgehead atoms. The number of carbonyl (C=O) groups is 3. The Morgan fingerprint density at radius 1 is 1.13 bits per heavy atom. The summed E-state index contributed by atoms with van der Waals surface area (Å²) in [7, 11) is 0. The number of carbonyl (C=O) groups excluding carboxylic acids is 3. The maximum atomic E-state index is 12.9. The van der Waals surface area contributed by atoms with Crippen LogP contribution in [0.2, 0.25) is 10.0 Å². The van der Waals surface area contributed by atoms with Crippen molar-refractivity contribution in [3.8, 4) is 0 Å². The van der Waals surface area contributed by atoms with Gasteiger partial charge in [-0.15, -0.1) is 0 Å². The van der Waals surface area contributed by atoms with Gasteiger partial charge in [0, 0.05) is 29.4 Å². The average molecular weight is 475 g/mol. The molecule has 0 spiro atoms. The molecule has 1 aliphatic heterocycles. The Kier molecular flexibility index (Phi) is 6.76. The lowest BCUT2D eigenvalue weighted by Crippen LogP contribution is -2.28. The molecule has 6 nitrogen and oxygen atoms in total. The molecule has 0 radical (unpaired) electrons. The lowest BCUT2D eigenvalue weighted by molar-refractivity contribution is -0.151. The fourth-order valence-corrected chi connectivity index (χ4v) is 3.36. The second-order valence-corrected chi connectivity index (χ2v) is 7.57. The van der Waals surface area contributed by atoms with Crippen molar-refractivity contribution in [1.29, 1.82) is 0 Å². The van der Waals surface area contributed by atoms with E-state index >= 15 is 0 Å². The molecule has 2 aromatic rings. The summed E-state index contributed by atoms with van der Waals surface area (Å²) in [5, 5.41) is 2.21. The molecule has 31 heavy (non-hydrogen) atoms. The third-order valence-corrected chi connectivity index (χ3v) is 5.08. The number of nitrogens with one attached hydrogen (secondary N) is 1. The second kappa shape index (κ2) is 9.15. The molecular formula is C20H15Cl2F3N2O4. The van der Waals surface area contributed by atoms with Crippen LogP contribution in [-0.2, 0) is 25.3 Å². The van der Waals surface area contributed by atoms with Gasteiger partial charge in [-0.2, -0.15) is 13.2 Å². The van der Waals surface area contributed by atoms with Crippen LogP contribution in [0.15, 0.2) is 42.5 Å². The van der Waals surface area contributed by atoms with Crippen molar-refractivity contribution in [2.24, 2.45) is 5.92 Å². The Balaban J connectivity index is 1.54. The summed E-state index contributed by atoms with van der Waals surface area (Å²) in [6.45, 7) is -0.637. The Hall–Kier alpha value is -2.78. The van der Waals surface area contributed by atoms with Gasteiger partial charge in [0.1, 0.15) is 0 Å². The predicted octanol–water partition coefficient (Wildman–Crippen LogP) is 4.55. The van der Waals surface area contributed by atoms with Crippen LogP contribution in [0.3, 0.4) is 0 Å². The second-order valence-electron chi connectivity index (χ2n) is 6.73. The first-order valence-corrected chi connectivity index (χ1v) is 9.69. The van der Waals surface area contributed by atoms with E-state index in [1.54, 1.807) is 24.3 Å². The molecule has 0 aromatic heterocycles. The van der Waals surface area contributed by atoms with Gasteiger partial charge >= 0.3 is 12.1 Å². The maximum Gasteiger partial charge on any atom is 0.417 e. The lowest BCUT2D eigenvalue weighted by atomic mass is 10.1. The van der Waals surface area contributed by atoms with Crippen LogP contribution in [0.25, 0.3) is 0 Å². The van der Waals surface area contributed by atoms with Gasteiger partial charge in [-0.3, -0.25) is 14.4 Å². The van der Waals surface area contributed by atoms with E-state index in [0.717, 1.165) is 6.07 Å². The van der Waals surface area contributed by atoms with E-state index in [1.165, 1.54) is 11.0 Å². The molecule has 0 saturated carbocycles. The van der Waals surface area contributed by atoms with Crippen molar-refractivity contribution >= 4 is 52.4 Å². The van der Waals surface area contributed by atoms with Gasteiger partial charge in [0.25, 0.3) is 5.91 Å². The molecule has 2 aromatic carbocycles. The highest BCUT2D eigenvalue weighted by molar-refractivity contribution is 6.31. The molecule has 164 valence electrons. The van der Waals surface area contributed by atoms with Crippen molar-refractivity contribution in [2.75, 3.05) is 23.4 Å². The number of nitrogens with zero attached hydrogens (tertiary/aromatic N) is 1. The van der Waals surface area contributed by atoms with Crippen LogP contribution in [0.5, 0.6) is 0 Å². The zero-order valence-electron chi connectivity index (χ0n) is 15.7. The van der Waals surface area contributed by atoms with Crippen molar-refractivity contribution in [2.45, 2.75) is 12.6 Å². The van der Waals surface area contributed by atoms with Gasteiger partial charge < -0.3 is 15.0 Å². The molecule has 2 amide bonds. The van der Waals surface area contributed by atoms with Crippen LogP contribution in [-0.4, -0.2) is 30.9 Å². The van der Waals surface area contributed by atoms with Gasteiger partial charge in [-0.1, -0.05) is 23.2 Å². The van der Waals surface area contributed by atoms with Gasteiger partial charge in [0.15, 0.2) is 6.61 Å². The number of alkyl halides is 3. The molecule has 1 fully saturated rings. The largest absolute Gasteiger partial charge is 0.455 e. The standard InChI is InChI=1S/C20H15Cl2F3N2O4/c21-12-1-4-14(5-2-12)27-9-11(7-18(27)29)19(30)31-10-17(28)26-13-3-6-16(22)15(8-13)20(23,24)25/h1-6,8,11H,7,9-10H2,(H,26,28)/t11-/m0/s1. The van der Waals surface area contributed by atoms with E-state index in [9.17, 15) is 27.6 Å². The number of hydrogen-bond acceptors (Lipinski definition) is 4. The summed E-state index contributed by atoms with van der Waals surface area (Å²) in [5.74, 6) is -2.65. The molecule has 3 rings (SSSR count). The monoisotopic (exact) mass is 474 g/mol. The van der Waals surface area contributed by atoms with Gasteiger partial charge in [0.05, 0.1) is 16.5 Å². The van der Waals surface area contributed by atoms with Crippen molar-refractivity contribution in [1.82, 2.24) is 0 Å². The van der Waals surface area contributed by atoms with E-state index in [4.69, 9.17) is 27.9 Å². The first kappa shape index (κ1) is 22.9. The molecule has 1 saturated heterocycles. The number of hydrogen-bond donors (Lipinski definition) is 1. The van der Waals surface area contributed by atoms with Crippen LogP contribution >= 0.6 is 23.2 Å². The highest BCUT2D eigenvalue weighted by Gasteiger charge is 2.36. The van der Waals surface area contributed by atoms with E-state index in [1.807, 2.05) is 0 Å². The summed E-state index contributed by atoms with van der Waals surface area (Å²) in [6.07, 6.45) is -4.77. The Labute approximate surface area is 184 Å². The van der Waals surface area contributed by atoms with Gasteiger partial charge in [-0.05, 0) is 42.5 Å². The number of ether oxygens (including phenoxy) is 1. The highest BCUT2D eigenvalue weighted by atomic mass is 35.5. The molecule has 0 unspecified atom stereocenters. The van der Waals surface area contributed by atoms with Crippen LogP contribution in [0, 0.1) is 5.92 Å². The average Bonchev–Trinajstić information content (AvgIpc) is 3.09. The zero-order chi connectivity index (χ0) is 22.8. The van der Waals surface area contributed by atoms with Crippen molar-refractivity contribution < 1.29 is 32.3 Å². The summed E-state index contributed by atoms with van der Waals surface area (Å²) < 4.78 is 43.6. The first-order chi connectivity index (χ1) is 14.5. The van der Waals surface area contributed by atoms with Crippen LogP contribution < -0.4 is 10.2 Å². The molecule has 1 aliphatic rings. The fourth-order valence-electron chi connectivity index (χ4n) is 3.01. The molecular weight excluding hydrogens is 460 g/mol. The molecule has 1 heterocycles. The number of benzene rings is 2. The fraction of sp³-hybridized carbons (Fsp3) is 0.250. The minimum atomic E-state index is -4.69. The smallest absolute Gasteiger partial charge is 0.417 e.